The molecule has 0 saturated carbocycles. The second-order valence-electron chi connectivity index (χ2n) is 5.01. The smallest absolute Gasteiger partial charge is 0.0920 e. The molecule has 0 amide bonds. The van der Waals surface area contributed by atoms with E-state index in [0.29, 0.717) is 12.5 Å². The van der Waals surface area contributed by atoms with Crippen LogP contribution < -0.4 is 5.32 Å². The number of pyridine rings is 1. The third-order valence-electron chi connectivity index (χ3n) is 2.97. The Morgan fingerprint density at radius 3 is 2.83 bits per heavy atom. The number of nitrogens with one attached hydrogen (secondary N) is 1. The summed E-state index contributed by atoms with van der Waals surface area (Å²) in [5.74, 6) is 0.589. The number of aromatic nitrogens is 1. The molecule has 2 aromatic rings. The summed E-state index contributed by atoms with van der Waals surface area (Å²) in [6, 6.07) is 7.94. The second-order valence-corrected chi connectivity index (χ2v) is 5.01. The SMILES string of the molecule is CC(C)CNCC(O)c1cccc2ccncc12. The van der Waals surface area contributed by atoms with E-state index in [2.05, 4.69) is 24.1 Å². The fraction of sp³-hybridized carbons (Fsp3) is 0.400. The normalized spacial score (nSPS) is 13.1. The molecule has 1 unspecified atom stereocenters. The average molecular weight is 244 g/mol. The molecular formula is C15H20N2O. The average Bonchev–Trinajstić information content (AvgIpc) is 2.37. The molecule has 2 rings (SSSR count). The standard InChI is InChI=1S/C15H20N2O/c1-11(2)8-17-10-15(18)13-5-3-4-12-6-7-16-9-14(12)13/h3-7,9,11,15,17-18H,8,10H2,1-2H3. The van der Waals surface area contributed by atoms with Crippen LogP contribution in [0.25, 0.3) is 10.8 Å². The maximum absolute atomic E-state index is 10.2. The van der Waals surface area contributed by atoms with Gasteiger partial charge in [-0.15, -0.1) is 0 Å². The van der Waals surface area contributed by atoms with Gasteiger partial charge in [-0.2, -0.15) is 0 Å². The number of nitrogens with zero attached hydrogens (tertiary/aromatic N) is 1. The summed E-state index contributed by atoms with van der Waals surface area (Å²) in [6.07, 6.45) is 3.10. The Morgan fingerprint density at radius 1 is 1.22 bits per heavy atom. The molecule has 3 nitrogen and oxygen atoms in total. The van der Waals surface area contributed by atoms with Crippen LogP contribution in [0.2, 0.25) is 0 Å². The first kappa shape index (κ1) is 13.0. The molecule has 0 saturated heterocycles. The lowest BCUT2D eigenvalue weighted by Gasteiger charge is -2.15. The molecule has 0 bridgehead atoms. The van der Waals surface area contributed by atoms with Crippen LogP contribution >= 0.6 is 0 Å². The minimum absolute atomic E-state index is 0.489. The van der Waals surface area contributed by atoms with Crippen molar-refractivity contribution in [2.45, 2.75) is 20.0 Å². The van der Waals surface area contributed by atoms with Crippen molar-refractivity contribution in [3.8, 4) is 0 Å². The van der Waals surface area contributed by atoms with Gasteiger partial charge in [0.05, 0.1) is 6.10 Å². The van der Waals surface area contributed by atoms with Crippen molar-refractivity contribution in [3.05, 3.63) is 42.2 Å². The third-order valence-corrected chi connectivity index (χ3v) is 2.97. The number of aliphatic hydroxyl groups excluding tert-OH is 1. The molecular weight excluding hydrogens is 224 g/mol. The lowest BCUT2D eigenvalue weighted by Crippen LogP contribution is -2.25. The van der Waals surface area contributed by atoms with Gasteiger partial charge in [-0.3, -0.25) is 4.98 Å². The van der Waals surface area contributed by atoms with Gasteiger partial charge in [-0.1, -0.05) is 32.0 Å². The predicted molar refractivity (Wildman–Crippen MR) is 74.4 cm³/mol. The van der Waals surface area contributed by atoms with Gasteiger partial charge < -0.3 is 10.4 Å². The van der Waals surface area contributed by atoms with Crippen LogP contribution in [0.5, 0.6) is 0 Å². The van der Waals surface area contributed by atoms with E-state index in [9.17, 15) is 5.11 Å². The highest BCUT2D eigenvalue weighted by Gasteiger charge is 2.10. The van der Waals surface area contributed by atoms with E-state index in [4.69, 9.17) is 0 Å². The first-order valence-corrected chi connectivity index (χ1v) is 6.40. The van der Waals surface area contributed by atoms with Crippen LogP contribution in [0, 0.1) is 5.92 Å². The molecule has 96 valence electrons. The Bertz CT molecular complexity index is 505. The molecule has 2 N–H and O–H groups in total. The topological polar surface area (TPSA) is 45.1 Å². The maximum Gasteiger partial charge on any atom is 0.0920 e. The van der Waals surface area contributed by atoms with Crippen molar-refractivity contribution in [3.63, 3.8) is 0 Å². The molecule has 0 aliphatic heterocycles. The van der Waals surface area contributed by atoms with Crippen LogP contribution in [0.4, 0.5) is 0 Å². The van der Waals surface area contributed by atoms with Crippen LogP contribution in [0.15, 0.2) is 36.7 Å². The number of aliphatic hydroxyl groups is 1. The van der Waals surface area contributed by atoms with Gasteiger partial charge in [-0.25, -0.2) is 0 Å². The highest BCUT2D eigenvalue weighted by atomic mass is 16.3. The highest BCUT2D eigenvalue weighted by Crippen LogP contribution is 2.22. The number of fused-ring (bicyclic) bond motifs is 1. The summed E-state index contributed by atoms with van der Waals surface area (Å²) < 4.78 is 0. The zero-order valence-electron chi connectivity index (χ0n) is 10.9. The molecule has 1 aromatic heterocycles. The summed E-state index contributed by atoms with van der Waals surface area (Å²) in [5, 5.41) is 15.7. The van der Waals surface area contributed by atoms with Crippen LogP contribution in [0.1, 0.15) is 25.5 Å². The van der Waals surface area contributed by atoms with Crippen molar-refractivity contribution in [2.75, 3.05) is 13.1 Å². The van der Waals surface area contributed by atoms with Gasteiger partial charge >= 0.3 is 0 Å². The molecule has 0 aliphatic carbocycles. The van der Waals surface area contributed by atoms with Crippen molar-refractivity contribution in [1.82, 2.24) is 10.3 Å². The lowest BCUT2D eigenvalue weighted by atomic mass is 10.0. The molecule has 0 spiro atoms. The van der Waals surface area contributed by atoms with Crippen molar-refractivity contribution < 1.29 is 5.11 Å². The third kappa shape index (κ3) is 3.06. The minimum atomic E-state index is -0.489. The molecule has 3 heteroatoms. The monoisotopic (exact) mass is 244 g/mol. The van der Waals surface area contributed by atoms with Crippen molar-refractivity contribution in [2.24, 2.45) is 5.92 Å². The summed E-state index contributed by atoms with van der Waals surface area (Å²) in [6.45, 7) is 5.80. The van der Waals surface area contributed by atoms with E-state index in [1.807, 2.05) is 30.5 Å². The molecule has 0 radical (unpaired) electrons. The summed E-state index contributed by atoms with van der Waals surface area (Å²) in [4.78, 5) is 4.13. The maximum atomic E-state index is 10.2. The quantitative estimate of drug-likeness (QED) is 0.849. The summed E-state index contributed by atoms with van der Waals surface area (Å²) in [7, 11) is 0. The second kappa shape index (κ2) is 5.94. The van der Waals surface area contributed by atoms with Gasteiger partial charge in [0.15, 0.2) is 0 Å². The van der Waals surface area contributed by atoms with Gasteiger partial charge in [0.2, 0.25) is 0 Å². The first-order chi connectivity index (χ1) is 8.68. The van der Waals surface area contributed by atoms with Crippen molar-refractivity contribution in [1.29, 1.82) is 0 Å². The molecule has 1 atom stereocenters. The predicted octanol–water partition coefficient (Wildman–Crippen LogP) is 2.51. The lowest BCUT2D eigenvalue weighted by molar-refractivity contribution is 0.175. The Labute approximate surface area is 108 Å². The summed E-state index contributed by atoms with van der Waals surface area (Å²) >= 11 is 0. The number of benzene rings is 1. The van der Waals surface area contributed by atoms with E-state index in [1.165, 1.54) is 0 Å². The van der Waals surface area contributed by atoms with Crippen LogP contribution in [0.3, 0.4) is 0 Å². The van der Waals surface area contributed by atoms with Gasteiger partial charge in [0.1, 0.15) is 0 Å². The zero-order chi connectivity index (χ0) is 13.0. The Balaban J connectivity index is 2.15. The van der Waals surface area contributed by atoms with Crippen LogP contribution in [-0.4, -0.2) is 23.2 Å². The molecule has 18 heavy (non-hydrogen) atoms. The number of hydrogen-bond acceptors (Lipinski definition) is 3. The molecule has 0 fully saturated rings. The Morgan fingerprint density at radius 2 is 2.06 bits per heavy atom. The zero-order valence-corrected chi connectivity index (χ0v) is 10.9. The van der Waals surface area contributed by atoms with Crippen LogP contribution in [-0.2, 0) is 0 Å². The first-order valence-electron chi connectivity index (χ1n) is 6.40. The fourth-order valence-corrected chi connectivity index (χ4v) is 2.05. The van der Waals surface area contributed by atoms with E-state index < -0.39 is 6.10 Å². The molecule has 1 aromatic carbocycles. The van der Waals surface area contributed by atoms with E-state index in [0.717, 1.165) is 22.9 Å². The Hall–Kier alpha value is -1.45. The molecule has 1 heterocycles. The van der Waals surface area contributed by atoms with Gasteiger partial charge in [0, 0.05) is 24.3 Å². The van der Waals surface area contributed by atoms with Gasteiger partial charge in [0.25, 0.3) is 0 Å². The highest BCUT2D eigenvalue weighted by molar-refractivity contribution is 5.85. The number of rotatable bonds is 5. The number of hydrogen-bond donors (Lipinski definition) is 2. The van der Waals surface area contributed by atoms with Crippen molar-refractivity contribution >= 4 is 10.8 Å². The van der Waals surface area contributed by atoms with E-state index in [-0.39, 0.29) is 0 Å². The Kier molecular flexibility index (Phi) is 4.28. The minimum Gasteiger partial charge on any atom is -0.387 e. The fourth-order valence-electron chi connectivity index (χ4n) is 2.05. The molecule has 0 aliphatic rings. The summed E-state index contributed by atoms with van der Waals surface area (Å²) in [5.41, 5.74) is 0.942. The van der Waals surface area contributed by atoms with E-state index >= 15 is 0 Å². The largest absolute Gasteiger partial charge is 0.387 e. The van der Waals surface area contributed by atoms with Gasteiger partial charge in [-0.05, 0) is 29.5 Å². The van der Waals surface area contributed by atoms with E-state index in [1.54, 1.807) is 6.20 Å².